The normalized spacial score (nSPS) is 27.1. The molecule has 4 fully saturated rings. The first kappa shape index (κ1) is 41.5. The number of nitrogens with zero attached hydrogens (tertiary/aromatic N) is 2. The molecule has 0 aromatic heterocycles. The zero-order chi connectivity index (χ0) is 39.7. The molecule has 14 heteroatoms. The number of unbranched alkanes of at least 4 members (excludes halogenated alkanes) is 2. The number of hydrogen-bond donors (Lipinski definition) is 3. The molecule has 55 heavy (non-hydrogen) atoms. The van der Waals surface area contributed by atoms with Crippen molar-refractivity contribution in [1.82, 2.24) is 25.8 Å². The van der Waals surface area contributed by atoms with Crippen LogP contribution in [0.15, 0.2) is 36.4 Å². The molecule has 2 aliphatic heterocycles. The standard InChI is InChI=1S/C41H56FN5O8/c1-4-5-6-8-19-34(48)44-31(24-27-14-11-15-28(42)23-27)36(50)45-32-25-55-39(53)33-18-13-22-47(33)37(51)26(2)43-40(54)41(20-9-7-10-21-41)46(3)38(52)30-17-12-16-29(30)35(32)49/h8,11,14-15,19,23,26,29-33H,4-7,9-10,12-13,16-18,20-22,24-25H2,1-3H3,(H,43,54)(H,44,48)(H,45,50)/b19-8+/t26-,29?,30+,31-,32-,33-/m0/s1. The molecule has 5 rings (SSSR count). The van der Waals surface area contributed by atoms with Gasteiger partial charge in [-0.3, -0.25) is 28.8 Å². The lowest BCUT2D eigenvalue weighted by atomic mass is 9.78. The summed E-state index contributed by atoms with van der Waals surface area (Å²) in [5.41, 5.74) is -0.793. The number of likely N-dealkylation sites (N-methyl/N-ethyl adjacent to an activating group) is 1. The molecular weight excluding hydrogens is 709 g/mol. The molecule has 2 aliphatic carbocycles. The Kier molecular flexibility index (Phi) is 14.2. The number of nitrogens with one attached hydrogen (secondary N) is 3. The number of benzene rings is 1. The minimum absolute atomic E-state index is 0.102. The first-order valence-corrected chi connectivity index (χ1v) is 20.0. The van der Waals surface area contributed by atoms with Crippen molar-refractivity contribution in [3.05, 3.63) is 47.8 Å². The van der Waals surface area contributed by atoms with Gasteiger partial charge in [0.2, 0.25) is 29.5 Å². The Morgan fingerprint density at radius 1 is 1.02 bits per heavy atom. The van der Waals surface area contributed by atoms with Crippen LogP contribution in [0, 0.1) is 17.7 Å². The van der Waals surface area contributed by atoms with Gasteiger partial charge in [-0.25, -0.2) is 9.18 Å². The second-order valence-corrected chi connectivity index (χ2v) is 15.6. The monoisotopic (exact) mass is 765 g/mol. The molecule has 13 nitrogen and oxygen atoms in total. The molecular formula is C41H56FN5O8. The number of ketones is 1. The molecule has 6 atom stereocenters. The van der Waals surface area contributed by atoms with Crippen LogP contribution in [-0.4, -0.2) is 101 Å². The van der Waals surface area contributed by atoms with E-state index in [1.807, 2.05) is 6.92 Å². The van der Waals surface area contributed by atoms with Crippen molar-refractivity contribution >= 4 is 41.3 Å². The number of carbonyl (C=O) groups is 7. The zero-order valence-electron chi connectivity index (χ0n) is 32.3. The zero-order valence-corrected chi connectivity index (χ0v) is 32.3. The number of Topliss-reactive ketones (excluding diaryl/α,β-unsaturated/α-hetero) is 1. The highest BCUT2D eigenvalue weighted by Crippen LogP contribution is 2.39. The highest BCUT2D eigenvalue weighted by atomic mass is 19.1. The Morgan fingerprint density at radius 3 is 2.49 bits per heavy atom. The van der Waals surface area contributed by atoms with Crippen LogP contribution in [-0.2, 0) is 44.7 Å². The molecule has 4 aliphatic rings. The Labute approximate surface area is 322 Å². The van der Waals surface area contributed by atoms with Crippen LogP contribution < -0.4 is 16.0 Å². The van der Waals surface area contributed by atoms with E-state index in [4.69, 9.17) is 4.74 Å². The van der Waals surface area contributed by atoms with E-state index in [0.717, 1.165) is 19.3 Å². The number of carbonyl (C=O) groups excluding carboxylic acids is 7. The van der Waals surface area contributed by atoms with E-state index in [0.29, 0.717) is 69.8 Å². The molecule has 2 heterocycles. The molecule has 5 amide bonds. The van der Waals surface area contributed by atoms with Crippen LogP contribution in [0.5, 0.6) is 0 Å². The lowest BCUT2D eigenvalue weighted by Crippen LogP contribution is -2.64. The summed E-state index contributed by atoms with van der Waals surface area (Å²) in [6, 6.07) is 1.04. The molecule has 300 valence electrons. The van der Waals surface area contributed by atoms with Gasteiger partial charge in [-0.1, -0.05) is 63.7 Å². The Balaban J connectivity index is 1.47. The summed E-state index contributed by atoms with van der Waals surface area (Å²) >= 11 is 0. The van der Waals surface area contributed by atoms with Crippen molar-refractivity contribution < 1.29 is 42.7 Å². The summed E-state index contributed by atoms with van der Waals surface area (Å²) in [6.07, 6.45) is 10.6. The van der Waals surface area contributed by atoms with Gasteiger partial charge in [0.15, 0.2) is 5.78 Å². The quantitative estimate of drug-likeness (QED) is 0.195. The lowest BCUT2D eigenvalue weighted by molar-refractivity contribution is -0.158. The Morgan fingerprint density at radius 2 is 1.76 bits per heavy atom. The van der Waals surface area contributed by atoms with Crippen LogP contribution in [0.3, 0.4) is 0 Å². The van der Waals surface area contributed by atoms with E-state index in [1.54, 1.807) is 26.1 Å². The molecule has 1 aromatic carbocycles. The fourth-order valence-electron chi connectivity index (χ4n) is 8.65. The van der Waals surface area contributed by atoms with Crippen molar-refractivity contribution in [2.45, 2.75) is 133 Å². The lowest BCUT2D eigenvalue weighted by Gasteiger charge is -2.45. The van der Waals surface area contributed by atoms with Crippen LogP contribution >= 0.6 is 0 Å². The van der Waals surface area contributed by atoms with Crippen LogP contribution in [0.4, 0.5) is 4.39 Å². The number of allylic oxidation sites excluding steroid dienone is 1. The maximum absolute atomic E-state index is 14.6. The largest absolute Gasteiger partial charge is 0.461 e. The minimum atomic E-state index is -1.41. The van der Waals surface area contributed by atoms with E-state index in [1.165, 1.54) is 34.1 Å². The Bertz CT molecular complexity index is 1640. The predicted octanol–water partition coefficient (Wildman–Crippen LogP) is 3.28. The second kappa shape index (κ2) is 18.8. The molecule has 3 N–H and O–H groups in total. The van der Waals surface area contributed by atoms with Gasteiger partial charge in [0.1, 0.15) is 42.1 Å². The van der Waals surface area contributed by atoms with Gasteiger partial charge in [-0.05, 0) is 75.6 Å². The number of rotatable bonds is 9. The van der Waals surface area contributed by atoms with Crippen molar-refractivity contribution in [2.75, 3.05) is 20.2 Å². The highest BCUT2D eigenvalue weighted by molar-refractivity contribution is 6.00. The van der Waals surface area contributed by atoms with E-state index in [2.05, 4.69) is 16.0 Å². The number of halogens is 1. The number of fused-ring (bicyclic) bond motifs is 2. The number of hydrogen-bond acceptors (Lipinski definition) is 8. The SMILES string of the molecule is CCCC/C=C/C(=O)N[C@@H](Cc1cccc(F)c1)C(=O)N[C@H]1COC(=O)[C@@H]2CCCN2C(=O)[C@H](C)NC(=O)C2(CCCCC2)N(C)C(=O)[C@@H]2CCCC2C1=O. The van der Waals surface area contributed by atoms with E-state index < -0.39 is 89.3 Å². The molecule has 2 saturated carbocycles. The predicted molar refractivity (Wildman–Crippen MR) is 200 cm³/mol. The van der Waals surface area contributed by atoms with E-state index in [-0.39, 0.29) is 18.9 Å². The van der Waals surface area contributed by atoms with Crippen molar-refractivity contribution in [2.24, 2.45) is 11.8 Å². The maximum Gasteiger partial charge on any atom is 0.328 e. The van der Waals surface area contributed by atoms with Gasteiger partial charge in [-0.2, -0.15) is 0 Å². The summed E-state index contributed by atoms with van der Waals surface area (Å²) in [6.45, 7) is 3.29. The number of amides is 5. The number of esters is 1. The van der Waals surface area contributed by atoms with Gasteiger partial charge in [-0.15, -0.1) is 0 Å². The molecule has 1 unspecified atom stereocenters. The van der Waals surface area contributed by atoms with E-state index in [9.17, 15) is 38.0 Å². The molecule has 1 spiro atoms. The summed E-state index contributed by atoms with van der Waals surface area (Å²) in [7, 11) is 1.59. The number of cyclic esters (lactones) is 1. The van der Waals surface area contributed by atoms with Gasteiger partial charge in [0.25, 0.3) is 0 Å². The highest BCUT2D eigenvalue weighted by Gasteiger charge is 2.51. The first-order chi connectivity index (χ1) is 26.4. The van der Waals surface area contributed by atoms with Crippen LogP contribution in [0.1, 0.15) is 103 Å². The second-order valence-electron chi connectivity index (χ2n) is 15.6. The van der Waals surface area contributed by atoms with Crippen molar-refractivity contribution in [3.8, 4) is 0 Å². The summed E-state index contributed by atoms with van der Waals surface area (Å²) in [5.74, 6) is -6.01. The van der Waals surface area contributed by atoms with Gasteiger partial charge in [0.05, 0.1) is 0 Å². The van der Waals surface area contributed by atoms with Crippen LogP contribution in [0.2, 0.25) is 0 Å². The van der Waals surface area contributed by atoms with Gasteiger partial charge in [0, 0.05) is 31.8 Å². The fourth-order valence-corrected chi connectivity index (χ4v) is 8.65. The van der Waals surface area contributed by atoms with E-state index >= 15 is 0 Å². The molecule has 2 saturated heterocycles. The molecule has 0 bridgehead atoms. The average Bonchev–Trinajstić information content (AvgIpc) is 3.87. The molecule has 0 radical (unpaired) electrons. The van der Waals surface area contributed by atoms with Crippen molar-refractivity contribution in [1.29, 1.82) is 0 Å². The third-order valence-electron chi connectivity index (χ3n) is 11.8. The topological polar surface area (TPSA) is 171 Å². The third kappa shape index (κ3) is 9.80. The van der Waals surface area contributed by atoms with Gasteiger partial charge < -0.3 is 30.5 Å². The summed E-state index contributed by atoms with van der Waals surface area (Å²) < 4.78 is 19.9. The van der Waals surface area contributed by atoms with Crippen LogP contribution in [0.25, 0.3) is 0 Å². The Hall–Kier alpha value is -4.62. The third-order valence-corrected chi connectivity index (χ3v) is 11.8. The number of ether oxygens (including phenoxy) is 1. The minimum Gasteiger partial charge on any atom is -0.461 e. The molecule has 1 aromatic rings. The average molecular weight is 766 g/mol. The maximum atomic E-state index is 14.6. The van der Waals surface area contributed by atoms with Gasteiger partial charge >= 0.3 is 5.97 Å². The fraction of sp³-hybridized carbons (Fsp3) is 0.634. The summed E-state index contributed by atoms with van der Waals surface area (Å²) in [5, 5.41) is 8.27. The van der Waals surface area contributed by atoms with Crippen molar-refractivity contribution in [3.63, 3.8) is 0 Å². The summed E-state index contributed by atoms with van der Waals surface area (Å²) in [4.78, 5) is 100. The smallest absolute Gasteiger partial charge is 0.328 e. The first-order valence-electron chi connectivity index (χ1n) is 20.0.